The van der Waals surface area contributed by atoms with Gasteiger partial charge in [-0.3, -0.25) is 4.99 Å². The number of halogens is 1. The third kappa shape index (κ3) is 4.14. The Balaban J connectivity index is 1.80. The van der Waals surface area contributed by atoms with Crippen LogP contribution in [-0.2, 0) is 0 Å². The van der Waals surface area contributed by atoms with Gasteiger partial charge >= 0.3 is 0 Å². The first kappa shape index (κ1) is 17.8. The molecule has 0 bridgehead atoms. The summed E-state index contributed by atoms with van der Waals surface area (Å²) in [6.45, 7) is 2.93. The molecule has 0 unspecified atom stereocenters. The molecular weight excluding hydrogens is 336 g/mol. The molecule has 0 amide bonds. The molecule has 0 aliphatic carbocycles. The molecule has 4 nitrogen and oxygen atoms in total. The van der Waals surface area contributed by atoms with Crippen molar-refractivity contribution >= 4 is 17.8 Å². The van der Waals surface area contributed by atoms with Crippen molar-refractivity contribution in [3.63, 3.8) is 0 Å². The fourth-order valence-corrected chi connectivity index (χ4v) is 3.71. The van der Waals surface area contributed by atoms with Crippen molar-refractivity contribution in [3.8, 4) is 11.5 Å². The van der Waals surface area contributed by atoms with E-state index in [1.54, 1.807) is 19.4 Å². The Hall–Kier alpha value is -2.04. The number of ether oxygens (including phenoxy) is 1. The van der Waals surface area contributed by atoms with Gasteiger partial charge in [0.05, 0.1) is 26.7 Å². The number of likely N-dealkylation sites (tertiary alicyclic amines) is 1. The molecule has 25 heavy (non-hydrogen) atoms. The van der Waals surface area contributed by atoms with E-state index < -0.39 is 0 Å². The Kier molecular flexibility index (Phi) is 5.95. The first-order chi connectivity index (χ1) is 12.2. The average Bonchev–Trinajstić information content (AvgIpc) is 3.15. The van der Waals surface area contributed by atoms with E-state index in [9.17, 15) is 5.11 Å². The number of hydrogen-bond donors (Lipinski definition) is 2. The van der Waals surface area contributed by atoms with E-state index in [0.29, 0.717) is 17.9 Å². The molecule has 0 spiro atoms. The number of hydrogen-bond acceptors (Lipinski definition) is 3. The molecule has 1 aliphatic heterocycles. The Labute approximate surface area is 153 Å². The largest absolute Gasteiger partial charge is 0.504 e. The molecule has 2 aromatic rings. The lowest BCUT2D eigenvalue weighted by Gasteiger charge is -2.24. The summed E-state index contributed by atoms with van der Waals surface area (Å²) in [5.41, 5.74) is 1.81. The van der Waals surface area contributed by atoms with Crippen LogP contribution in [0, 0.1) is 0 Å². The molecule has 0 radical (unpaired) electrons. The van der Waals surface area contributed by atoms with Crippen LogP contribution in [0.15, 0.2) is 47.5 Å². The van der Waals surface area contributed by atoms with E-state index in [-0.39, 0.29) is 11.8 Å². The number of phenols is 1. The summed E-state index contributed by atoms with van der Waals surface area (Å²) in [6, 6.07) is 13.7. The summed E-state index contributed by atoms with van der Waals surface area (Å²) in [7, 11) is 1.54. The molecule has 3 rings (SSSR count). The Bertz CT molecular complexity index is 742. The number of rotatable bonds is 6. The number of aromatic hydroxyl groups is 1. The molecule has 1 heterocycles. The maximum absolute atomic E-state index is 10.2. The van der Waals surface area contributed by atoms with Crippen LogP contribution in [0.3, 0.4) is 0 Å². The van der Waals surface area contributed by atoms with Crippen LogP contribution in [0.25, 0.3) is 0 Å². The van der Waals surface area contributed by atoms with Crippen molar-refractivity contribution in [2.75, 3.05) is 26.7 Å². The van der Waals surface area contributed by atoms with Crippen molar-refractivity contribution in [1.82, 2.24) is 0 Å². The zero-order valence-electron chi connectivity index (χ0n) is 14.4. The molecule has 2 N–H and O–H groups in total. The van der Waals surface area contributed by atoms with Crippen LogP contribution in [0.5, 0.6) is 11.5 Å². The summed E-state index contributed by atoms with van der Waals surface area (Å²) < 4.78 is 5.15. The van der Waals surface area contributed by atoms with E-state index in [1.165, 1.54) is 17.7 Å². The van der Waals surface area contributed by atoms with Crippen LogP contribution in [0.2, 0.25) is 5.02 Å². The zero-order valence-corrected chi connectivity index (χ0v) is 15.2. The fourth-order valence-electron chi connectivity index (χ4n) is 3.45. The molecule has 2 aromatic carbocycles. The van der Waals surface area contributed by atoms with E-state index in [2.05, 4.69) is 11.1 Å². The minimum atomic E-state index is 0.122. The maximum Gasteiger partial charge on any atom is 0.166 e. The van der Waals surface area contributed by atoms with Gasteiger partial charge in [-0.25, -0.2) is 0 Å². The summed E-state index contributed by atoms with van der Waals surface area (Å²) in [5.74, 6) is 0.577. The van der Waals surface area contributed by atoms with Crippen LogP contribution in [-0.4, -0.2) is 38.1 Å². The lowest BCUT2D eigenvalue weighted by atomic mass is 10.1. The van der Waals surface area contributed by atoms with Gasteiger partial charge in [0.25, 0.3) is 0 Å². The third-order valence-electron chi connectivity index (χ3n) is 4.79. The highest BCUT2D eigenvalue weighted by molar-refractivity contribution is 6.31. The smallest absolute Gasteiger partial charge is 0.166 e. The number of quaternary nitrogens is 1. The second-order valence-electron chi connectivity index (χ2n) is 6.33. The van der Waals surface area contributed by atoms with E-state index in [4.69, 9.17) is 16.3 Å². The van der Waals surface area contributed by atoms with Crippen LogP contribution < -0.4 is 9.64 Å². The normalized spacial score (nSPS) is 16.4. The number of nitrogens with zero attached hydrogens (tertiary/aromatic N) is 1. The molecule has 132 valence electrons. The monoisotopic (exact) mass is 359 g/mol. The first-order valence-electron chi connectivity index (χ1n) is 8.65. The van der Waals surface area contributed by atoms with Crippen molar-refractivity contribution in [2.24, 2.45) is 4.99 Å². The van der Waals surface area contributed by atoms with Gasteiger partial charge in [0.2, 0.25) is 0 Å². The second kappa shape index (κ2) is 8.37. The van der Waals surface area contributed by atoms with Crippen LogP contribution in [0.4, 0.5) is 0 Å². The van der Waals surface area contributed by atoms with Gasteiger partial charge in [0.15, 0.2) is 11.5 Å². The summed E-state index contributed by atoms with van der Waals surface area (Å²) in [5, 5.41) is 11.0. The quantitative estimate of drug-likeness (QED) is 0.779. The topological polar surface area (TPSA) is 46.3 Å². The molecule has 1 fully saturated rings. The van der Waals surface area contributed by atoms with Crippen molar-refractivity contribution in [3.05, 3.63) is 58.6 Å². The SMILES string of the molecule is COc1cccc(C=NC[C@@H](c2ccccc2Cl)[NH+]2CCCC2)c1O. The summed E-state index contributed by atoms with van der Waals surface area (Å²) >= 11 is 6.44. The van der Waals surface area contributed by atoms with Crippen molar-refractivity contribution in [1.29, 1.82) is 0 Å². The van der Waals surface area contributed by atoms with Crippen LogP contribution >= 0.6 is 11.6 Å². The highest BCUT2D eigenvalue weighted by Gasteiger charge is 2.28. The van der Waals surface area contributed by atoms with E-state index >= 15 is 0 Å². The van der Waals surface area contributed by atoms with Crippen molar-refractivity contribution < 1.29 is 14.7 Å². The molecule has 1 aliphatic rings. The fraction of sp³-hybridized carbons (Fsp3) is 0.350. The first-order valence-corrected chi connectivity index (χ1v) is 9.03. The van der Waals surface area contributed by atoms with Gasteiger partial charge in [-0.15, -0.1) is 0 Å². The summed E-state index contributed by atoms with van der Waals surface area (Å²) in [6.07, 6.45) is 4.21. The number of para-hydroxylation sites is 1. The van der Waals surface area contributed by atoms with E-state index in [0.717, 1.165) is 23.7 Å². The minimum absolute atomic E-state index is 0.122. The zero-order chi connectivity index (χ0) is 17.6. The van der Waals surface area contributed by atoms with Gasteiger partial charge in [-0.05, 0) is 18.2 Å². The maximum atomic E-state index is 10.2. The molecule has 1 atom stereocenters. The predicted molar refractivity (Wildman–Crippen MR) is 101 cm³/mol. The number of phenolic OH excluding ortho intramolecular Hbond substituents is 1. The Morgan fingerprint density at radius 3 is 2.68 bits per heavy atom. The number of aliphatic imine (C=N–C) groups is 1. The van der Waals surface area contributed by atoms with Gasteiger partial charge in [-0.1, -0.05) is 35.9 Å². The number of methoxy groups -OCH3 is 1. The second-order valence-corrected chi connectivity index (χ2v) is 6.74. The lowest BCUT2D eigenvalue weighted by Crippen LogP contribution is -3.10. The molecule has 0 aromatic heterocycles. The highest BCUT2D eigenvalue weighted by Crippen LogP contribution is 2.28. The molecule has 1 saturated heterocycles. The van der Waals surface area contributed by atoms with Crippen LogP contribution in [0.1, 0.15) is 30.0 Å². The highest BCUT2D eigenvalue weighted by atomic mass is 35.5. The molecule has 0 saturated carbocycles. The van der Waals surface area contributed by atoms with E-state index in [1.807, 2.05) is 30.3 Å². The lowest BCUT2D eigenvalue weighted by molar-refractivity contribution is -0.918. The molecule has 5 heteroatoms. The van der Waals surface area contributed by atoms with Gasteiger partial charge in [0, 0.05) is 35.2 Å². The van der Waals surface area contributed by atoms with Gasteiger partial charge in [0.1, 0.15) is 6.04 Å². The predicted octanol–water partition coefficient (Wildman–Crippen LogP) is 2.89. The third-order valence-corrected chi connectivity index (χ3v) is 5.13. The Morgan fingerprint density at radius 1 is 1.20 bits per heavy atom. The van der Waals surface area contributed by atoms with Crippen molar-refractivity contribution in [2.45, 2.75) is 18.9 Å². The van der Waals surface area contributed by atoms with Gasteiger partial charge in [-0.2, -0.15) is 0 Å². The molecular formula is C20H24ClN2O2+. The summed E-state index contributed by atoms with van der Waals surface area (Å²) in [4.78, 5) is 6.15. The standard InChI is InChI=1S/C20H23ClN2O2/c1-25-19-10-6-7-15(20(19)24)13-22-14-18(23-11-4-5-12-23)16-8-2-3-9-17(16)21/h2-3,6-10,13,18,24H,4-5,11-12,14H2,1H3/p+1/t18-/m0/s1. The number of nitrogens with one attached hydrogen (secondary N) is 1. The number of benzene rings is 2. The van der Waals surface area contributed by atoms with Gasteiger partial charge < -0.3 is 14.7 Å². The Morgan fingerprint density at radius 2 is 1.96 bits per heavy atom. The average molecular weight is 360 g/mol. The minimum Gasteiger partial charge on any atom is -0.504 e.